The van der Waals surface area contributed by atoms with Gasteiger partial charge in [-0.25, -0.2) is 0 Å². The first-order valence-corrected chi connectivity index (χ1v) is 8.31. The van der Waals surface area contributed by atoms with E-state index >= 15 is 0 Å². The third-order valence-electron chi connectivity index (χ3n) is 4.91. The molecule has 0 heterocycles. The van der Waals surface area contributed by atoms with Crippen LogP contribution < -0.4 is 5.32 Å². The van der Waals surface area contributed by atoms with Crippen LogP contribution in [-0.4, -0.2) is 47.3 Å². The molecule has 19 heavy (non-hydrogen) atoms. The van der Waals surface area contributed by atoms with E-state index in [1.54, 1.807) is 0 Å². The summed E-state index contributed by atoms with van der Waals surface area (Å²) < 4.78 is 0. The number of nitrogens with zero attached hydrogens (tertiary/aromatic N) is 1. The summed E-state index contributed by atoms with van der Waals surface area (Å²) >= 11 is 0. The van der Waals surface area contributed by atoms with Crippen LogP contribution in [0.3, 0.4) is 0 Å². The van der Waals surface area contributed by atoms with E-state index in [1.165, 1.54) is 58.0 Å². The molecule has 0 radical (unpaired) electrons. The molecule has 2 N–H and O–H groups in total. The van der Waals surface area contributed by atoms with Crippen molar-refractivity contribution in [3.8, 4) is 0 Å². The largest absolute Gasteiger partial charge is 0.394 e. The van der Waals surface area contributed by atoms with Gasteiger partial charge in [-0.2, -0.15) is 0 Å². The molecule has 1 unspecified atom stereocenters. The molecule has 0 bridgehead atoms. The number of hydrogen-bond donors (Lipinski definition) is 2. The molecule has 3 aliphatic rings. The highest BCUT2D eigenvalue weighted by atomic mass is 16.3. The summed E-state index contributed by atoms with van der Waals surface area (Å²) in [6, 6.07) is 1.58. The Morgan fingerprint density at radius 1 is 1.16 bits per heavy atom. The summed E-state index contributed by atoms with van der Waals surface area (Å²) in [5, 5.41) is 13.2. The van der Waals surface area contributed by atoms with E-state index in [0.29, 0.717) is 6.04 Å². The maximum Gasteiger partial charge on any atom is 0.0610 e. The molecule has 0 aromatic carbocycles. The second kappa shape index (κ2) is 5.71. The molecule has 3 heteroatoms. The molecule has 110 valence electrons. The average molecular weight is 266 g/mol. The molecule has 0 aromatic rings. The van der Waals surface area contributed by atoms with E-state index in [9.17, 15) is 5.11 Å². The third-order valence-corrected chi connectivity index (χ3v) is 4.91. The maximum absolute atomic E-state index is 9.63. The number of rotatable bonds is 10. The molecule has 0 aliphatic heterocycles. The minimum Gasteiger partial charge on any atom is -0.394 e. The van der Waals surface area contributed by atoms with Crippen LogP contribution in [0.5, 0.6) is 0 Å². The number of aliphatic hydroxyl groups excluding tert-OH is 1. The lowest BCUT2D eigenvalue weighted by molar-refractivity contribution is 0.152. The smallest absolute Gasteiger partial charge is 0.0610 e. The molecule has 0 spiro atoms. The maximum atomic E-state index is 9.63. The Balaban J connectivity index is 1.39. The second-order valence-corrected chi connectivity index (χ2v) is 7.41. The van der Waals surface area contributed by atoms with Gasteiger partial charge in [0.1, 0.15) is 0 Å². The van der Waals surface area contributed by atoms with Gasteiger partial charge in [0.05, 0.1) is 6.61 Å². The molecule has 3 aliphatic carbocycles. The molecular weight excluding hydrogens is 236 g/mol. The molecule has 0 saturated heterocycles. The highest BCUT2D eigenvalue weighted by Gasteiger charge is 2.35. The fourth-order valence-electron chi connectivity index (χ4n) is 3.08. The Morgan fingerprint density at radius 2 is 1.89 bits per heavy atom. The quantitative estimate of drug-likeness (QED) is 0.636. The van der Waals surface area contributed by atoms with Crippen LogP contribution in [0.1, 0.15) is 58.3 Å². The lowest BCUT2D eigenvalue weighted by Crippen LogP contribution is -2.47. The van der Waals surface area contributed by atoms with E-state index in [0.717, 1.165) is 18.4 Å². The molecule has 1 atom stereocenters. The van der Waals surface area contributed by atoms with Crippen LogP contribution in [0, 0.1) is 5.92 Å². The molecule has 3 fully saturated rings. The Kier molecular flexibility index (Phi) is 4.16. The van der Waals surface area contributed by atoms with E-state index in [4.69, 9.17) is 0 Å². The van der Waals surface area contributed by atoms with Crippen molar-refractivity contribution in [2.24, 2.45) is 5.92 Å². The monoisotopic (exact) mass is 266 g/mol. The van der Waals surface area contributed by atoms with E-state index in [1.807, 2.05) is 0 Å². The first-order valence-electron chi connectivity index (χ1n) is 8.31. The summed E-state index contributed by atoms with van der Waals surface area (Å²) in [5.41, 5.74) is -0.0457. The van der Waals surface area contributed by atoms with Crippen LogP contribution in [-0.2, 0) is 0 Å². The fraction of sp³-hybridized carbons (Fsp3) is 1.00. The second-order valence-electron chi connectivity index (χ2n) is 7.41. The molecule has 0 amide bonds. The van der Waals surface area contributed by atoms with E-state index in [-0.39, 0.29) is 12.1 Å². The zero-order valence-corrected chi connectivity index (χ0v) is 12.4. The van der Waals surface area contributed by atoms with Crippen molar-refractivity contribution in [3.63, 3.8) is 0 Å². The van der Waals surface area contributed by atoms with Gasteiger partial charge in [-0.15, -0.1) is 0 Å². The highest BCUT2D eigenvalue weighted by molar-refractivity contribution is 4.93. The minimum atomic E-state index is -0.0457. The molecule has 3 nitrogen and oxygen atoms in total. The predicted octanol–water partition coefficient (Wildman–Crippen LogP) is 2.14. The highest BCUT2D eigenvalue weighted by Crippen LogP contribution is 2.35. The first-order chi connectivity index (χ1) is 9.18. The topological polar surface area (TPSA) is 35.5 Å². The summed E-state index contributed by atoms with van der Waals surface area (Å²) in [7, 11) is 0. The van der Waals surface area contributed by atoms with Crippen LogP contribution in [0.25, 0.3) is 0 Å². The zero-order valence-electron chi connectivity index (χ0n) is 12.4. The van der Waals surface area contributed by atoms with Crippen LogP contribution in [0.2, 0.25) is 0 Å². The van der Waals surface area contributed by atoms with Crippen molar-refractivity contribution in [3.05, 3.63) is 0 Å². The lowest BCUT2D eigenvalue weighted by atomic mass is 9.96. The standard InChI is InChI=1S/C16H30N2O/c1-16(12-19,17-14-5-6-14)9-2-10-18(15-7-8-15)11-13-3-4-13/h13-15,17,19H,2-12H2,1H3. The first kappa shape index (κ1) is 13.8. The van der Waals surface area contributed by atoms with Crippen molar-refractivity contribution in [1.29, 1.82) is 0 Å². The minimum absolute atomic E-state index is 0.0457. The lowest BCUT2D eigenvalue weighted by Gasteiger charge is -2.30. The molecular formula is C16H30N2O. The van der Waals surface area contributed by atoms with Gasteiger partial charge >= 0.3 is 0 Å². The third kappa shape index (κ3) is 4.44. The van der Waals surface area contributed by atoms with E-state index in [2.05, 4.69) is 17.1 Å². The molecule has 3 rings (SSSR count). The summed E-state index contributed by atoms with van der Waals surface area (Å²) in [6.07, 6.45) is 10.7. The van der Waals surface area contributed by atoms with Crippen molar-refractivity contribution in [2.45, 2.75) is 75.9 Å². The summed E-state index contributed by atoms with van der Waals surface area (Å²) in [5.74, 6) is 1.01. The van der Waals surface area contributed by atoms with Gasteiger partial charge in [0.2, 0.25) is 0 Å². The number of nitrogens with one attached hydrogen (secondary N) is 1. The van der Waals surface area contributed by atoms with Crippen molar-refractivity contribution in [2.75, 3.05) is 19.7 Å². The summed E-state index contributed by atoms with van der Waals surface area (Å²) in [4.78, 5) is 2.73. The fourth-order valence-corrected chi connectivity index (χ4v) is 3.08. The molecule has 3 saturated carbocycles. The Labute approximate surface area is 117 Å². The van der Waals surface area contributed by atoms with Gasteiger partial charge < -0.3 is 15.3 Å². The zero-order chi connectivity index (χ0) is 13.3. The average Bonchev–Trinajstić information content (AvgIpc) is 3.25. The Morgan fingerprint density at radius 3 is 2.42 bits per heavy atom. The van der Waals surface area contributed by atoms with Crippen LogP contribution in [0.15, 0.2) is 0 Å². The molecule has 0 aromatic heterocycles. The number of hydrogen-bond acceptors (Lipinski definition) is 3. The van der Waals surface area contributed by atoms with Crippen LogP contribution >= 0.6 is 0 Å². The van der Waals surface area contributed by atoms with Gasteiger partial charge in [0.15, 0.2) is 0 Å². The van der Waals surface area contributed by atoms with Crippen molar-refractivity contribution in [1.82, 2.24) is 10.2 Å². The number of aliphatic hydroxyl groups is 1. The predicted molar refractivity (Wildman–Crippen MR) is 78.2 cm³/mol. The van der Waals surface area contributed by atoms with Crippen LogP contribution in [0.4, 0.5) is 0 Å². The van der Waals surface area contributed by atoms with Gasteiger partial charge in [-0.3, -0.25) is 0 Å². The summed E-state index contributed by atoms with van der Waals surface area (Å²) in [6.45, 7) is 5.04. The SMILES string of the molecule is CC(CO)(CCCN(CC1CC1)C1CC1)NC1CC1. The van der Waals surface area contributed by atoms with Crippen molar-refractivity contribution >= 4 is 0 Å². The van der Waals surface area contributed by atoms with Crippen molar-refractivity contribution < 1.29 is 5.11 Å². The van der Waals surface area contributed by atoms with Gasteiger partial charge in [-0.05, 0) is 70.8 Å². The van der Waals surface area contributed by atoms with Gasteiger partial charge in [0, 0.05) is 24.2 Å². The Hall–Kier alpha value is -0.120. The van der Waals surface area contributed by atoms with Gasteiger partial charge in [-0.1, -0.05) is 0 Å². The normalized spacial score (nSPS) is 26.7. The van der Waals surface area contributed by atoms with E-state index < -0.39 is 0 Å². The van der Waals surface area contributed by atoms with Gasteiger partial charge in [0.25, 0.3) is 0 Å². The Bertz CT molecular complexity index is 297.